The Morgan fingerprint density at radius 3 is 2.26 bits per heavy atom. The highest BCUT2D eigenvalue weighted by Gasteiger charge is 2.10. The van der Waals surface area contributed by atoms with Gasteiger partial charge in [0.25, 0.3) is 0 Å². The van der Waals surface area contributed by atoms with E-state index in [0.717, 1.165) is 18.9 Å². The number of hydrogen-bond donors (Lipinski definition) is 1. The van der Waals surface area contributed by atoms with Gasteiger partial charge in [-0.3, -0.25) is 0 Å². The minimum absolute atomic E-state index is 0.715. The van der Waals surface area contributed by atoms with E-state index in [-0.39, 0.29) is 0 Å². The maximum absolute atomic E-state index is 5.47. The van der Waals surface area contributed by atoms with Crippen LogP contribution in [0, 0.1) is 0 Å². The molecule has 0 atom stereocenters. The molecule has 0 aromatic heterocycles. The predicted octanol–water partition coefficient (Wildman–Crippen LogP) is 4.29. The molecule has 0 bridgehead atoms. The molecule has 106 valence electrons. The van der Waals surface area contributed by atoms with Crippen LogP contribution in [0.15, 0.2) is 24.3 Å². The standard InChI is InChI=1S/C17H27NO/c1-2-19-17-12-10-15(11-13-17)14-18-16-8-6-4-3-5-7-9-16/h10-13,16,18H,2-9,14H2,1H3. The topological polar surface area (TPSA) is 21.3 Å². The molecule has 1 aliphatic rings. The highest BCUT2D eigenvalue weighted by Crippen LogP contribution is 2.18. The number of benzene rings is 1. The molecule has 1 aromatic carbocycles. The summed E-state index contributed by atoms with van der Waals surface area (Å²) in [6, 6.07) is 9.19. The van der Waals surface area contributed by atoms with Crippen molar-refractivity contribution in [2.45, 2.75) is 64.5 Å². The van der Waals surface area contributed by atoms with E-state index in [4.69, 9.17) is 4.74 Å². The molecule has 2 nitrogen and oxygen atoms in total. The summed E-state index contributed by atoms with van der Waals surface area (Å²) in [6.45, 7) is 3.74. The summed E-state index contributed by atoms with van der Waals surface area (Å²) in [4.78, 5) is 0. The summed E-state index contributed by atoms with van der Waals surface area (Å²) in [5.74, 6) is 0.970. The van der Waals surface area contributed by atoms with Gasteiger partial charge >= 0.3 is 0 Å². The van der Waals surface area contributed by atoms with Crippen LogP contribution in [0.1, 0.15) is 57.4 Å². The summed E-state index contributed by atoms with van der Waals surface area (Å²) in [7, 11) is 0. The average Bonchev–Trinajstić information content (AvgIpc) is 2.39. The lowest BCUT2D eigenvalue weighted by Crippen LogP contribution is -2.29. The third kappa shape index (κ3) is 5.23. The molecule has 19 heavy (non-hydrogen) atoms. The Hall–Kier alpha value is -1.02. The van der Waals surface area contributed by atoms with Crippen molar-refractivity contribution < 1.29 is 4.74 Å². The maximum Gasteiger partial charge on any atom is 0.119 e. The first kappa shape index (κ1) is 14.4. The molecule has 1 aromatic rings. The van der Waals surface area contributed by atoms with Gasteiger partial charge in [-0.05, 0) is 37.5 Å². The Morgan fingerprint density at radius 2 is 1.63 bits per heavy atom. The fourth-order valence-corrected chi connectivity index (χ4v) is 2.79. The molecule has 2 rings (SSSR count). The van der Waals surface area contributed by atoms with Gasteiger partial charge in [0.1, 0.15) is 5.75 Å². The van der Waals surface area contributed by atoms with Crippen molar-refractivity contribution in [1.29, 1.82) is 0 Å². The smallest absolute Gasteiger partial charge is 0.119 e. The predicted molar refractivity (Wildman–Crippen MR) is 80.6 cm³/mol. The van der Waals surface area contributed by atoms with Gasteiger partial charge in [0, 0.05) is 12.6 Å². The molecule has 0 saturated heterocycles. The van der Waals surface area contributed by atoms with Crippen LogP contribution in [0.2, 0.25) is 0 Å². The van der Waals surface area contributed by atoms with Crippen LogP contribution in [0.5, 0.6) is 5.75 Å². The van der Waals surface area contributed by atoms with E-state index in [9.17, 15) is 0 Å². The normalized spacial score (nSPS) is 17.7. The maximum atomic E-state index is 5.47. The number of rotatable bonds is 5. The van der Waals surface area contributed by atoms with Crippen molar-refractivity contribution in [2.24, 2.45) is 0 Å². The van der Waals surface area contributed by atoms with Crippen molar-refractivity contribution in [2.75, 3.05) is 6.61 Å². The Kier molecular flexibility index (Phi) is 6.22. The van der Waals surface area contributed by atoms with E-state index in [1.807, 2.05) is 6.92 Å². The average molecular weight is 261 g/mol. The fraction of sp³-hybridized carbons (Fsp3) is 0.647. The van der Waals surface area contributed by atoms with Gasteiger partial charge in [0.15, 0.2) is 0 Å². The van der Waals surface area contributed by atoms with Crippen LogP contribution in [-0.4, -0.2) is 12.6 Å². The molecule has 0 heterocycles. The zero-order chi connectivity index (χ0) is 13.3. The number of nitrogens with one attached hydrogen (secondary N) is 1. The SMILES string of the molecule is CCOc1ccc(CNC2CCCCCCC2)cc1. The zero-order valence-electron chi connectivity index (χ0n) is 12.2. The highest BCUT2D eigenvalue weighted by atomic mass is 16.5. The van der Waals surface area contributed by atoms with Gasteiger partial charge in [-0.25, -0.2) is 0 Å². The molecule has 0 spiro atoms. The van der Waals surface area contributed by atoms with E-state index >= 15 is 0 Å². The minimum atomic E-state index is 0.715. The van der Waals surface area contributed by atoms with Crippen LogP contribution in [0.25, 0.3) is 0 Å². The van der Waals surface area contributed by atoms with Gasteiger partial charge in [0.2, 0.25) is 0 Å². The molecule has 1 fully saturated rings. The molecule has 1 N–H and O–H groups in total. The van der Waals surface area contributed by atoms with E-state index in [2.05, 4.69) is 29.6 Å². The second-order valence-electron chi connectivity index (χ2n) is 5.50. The lowest BCUT2D eigenvalue weighted by molar-refractivity contribution is 0.340. The molecule has 1 saturated carbocycles. The van der Waals surface area contributed by atoms with E-state index in [1.54, 1.807) is 0 Å². The molecule has 0 amide bonds. The van der Waals surface area contributed by atoms with Crippen molar-refractivity contribution >= 4 is 0 Å². The van der Waals surface area contributed by atoms with Crippen molar-refractivity contribution in [3.8, 4) is 5.75 Å². The van der Waals surface area contributed by atoms with Crippen molar-refractivity contribution in [1.82, 2.24) is 5.32 Å². The second-order valence-corrected chi connectivity index (χ2v) is 5.50. The number of ether oxygens (including phenoxy) is 1. The fourth-order valence-electron chi connectivity index (χ4n) is 2.79. The van der Waals surface area contributed by atoms with Gasteiger partial charge < -0.3 is 10.1 Å². The molecule has 0 aliphatic heterocycles. The number of hydrogen-bond acceptors (Lipinski definition) is 2. The van der Waals surface area contributed by atoms with Gasteiger partial charge in [0.05, 0.1) is 6.61 Å². The molecular weight excluding hydrogens is 234 g/mol. The molecule has 1 aliphatic carbocycles. The van der Waals surface area contributed by atoms with Crippen molar-refractivity contribution in [3.63, 3.8) is 0 Å². The van der Waals surface area contributed by atoms with E-state index < -0.39 is 0 Å². The quantitative estimate of drug-likeness (QED) is 0.854. The summed E-state index contributed by atoms with van der Waals surface area (Å²) in [5.41, 5.74) is 1.35. The third-order valence-electron chi connectivity index (χ3n) is 3.93. The highest BCUT2D eigenvalue weighted by molar-refractivity contribution is 5.27. The lowest BCUT2D eigenvalue weighted by Gasteiger charge is -2.21. The van der Waals surface area contributed by atoms with Crippen LogP contribution >= 0.6 is 0 Å². The Balaban J connectivity index is 1.76. The van der Waals surface area contributed by atoms with Crippen LogP contribution in [0.4, 0.5) is 0 Å². The van der Waals surface area contributed by atoms with E-state index in [0.29, 0.717) is 6.04 Å². The summed E-state index contributed by atoms with van der Waals surface area (Å²) in [5, 5.41) is 3.72. The summed E-state index contributed by atoms with van der Waals surface area (Å²) in [6.07, 6.45) is 9.74. The molecule has 0 radical (unpaired) electrons. The van der Waals surface area contributed by atoms with Gasteiger partial charge in [-0.1, -0.05) is 44.2 Å². The molecule has 0 unspecified atom stereocenters. The summed E-state index contributed by atoms with van der Waals surface area (Å²) < 4.78 is 5.47. The van der Waals surface area contributed by atoms with Gasteiger partial charge in [-0.2, -0.15) is 0 Å². The Bertz CT molecular complexity index is 339. The third-order valence-corrected chi connectivity index (χ3v) is 3.93. The van der Waals surface area contributed by atoms with Crippen molar-refractivity contribution in [3.05, 3.63) is 29.8 Å². The first-order chi connectivity index (χ1) is 9.38. The van der Waals surface area contributed by atoms with E-state index in [1.165, 1.54) is 50.5 Å². The molecular formula is C17H27NO. The Labute approximate surface area is 117 Å². The zero-order valence-corrected chi connectivity index (χ0v) is 12.2. The minimum Gasteiger partial charge on any atom is -0.494 e. The van der Waals surface area contributed by atoms with Crippen LogP contribution in [0.3, 0.4) is 0 Å². The summed E-state index contributed by atoms with van der Waals surface area (Å²) >= 11 is 0. The Morgan fingerprint density at radius 1 is 1.00 bits per heavy atom. The first-order valence-electron chi connectivity index (χ1n) is 7.83. The second kappa shape index (κ2) is 8.21. The van der Waals surface area contributed by atoms with Crippen LogP contribution < -0.4 is 10.1 Å². The van der Waals surface area contributed by atoms with Gasteiger partial charge in [-0.15, -0.1) is 0 Å². The lowest BCUT2D eigenvalue weighted by atomic mass is 9.96. The first-order valence-corrected chi connectivity index (χ1v) is 7.83. The van der Waals surface area contributed by atoms with Crippen LogP contribution in [-0.2, 0) is 6.54 Å². The largest absolute Gasteiger partial charge is 0.494 e. The molecule has 2 heteroatoms. The monoisotopic (exact) mass is 261 g/mol.